The summed E-state index contributed by atoms with van der Waals surface area (Å²) in [5.41, 5.74) is 12.4. The number of amidine groups is 1. The van der Waals surface area contributed by atoms with Crippen LogP contribution in [0.2, 0.25) is 0 Å². The molecule has 8 heteroatoms. The molecular weight excluding hydrogens is 448 g/mol. The van der Waals surface area contributed by atoms with Crippen molar-refractivity contribution in [2.45, 2.75) is 19.6 Å². The molecule has 2 aromatic carbocycles. The van der Waals surface area contributed by atoms with Gasteiger partial charge in [0.15, 0.2) is 0 Å². The van der Waals surface area contributed by atoms with Crippen molar-refractivity contribution in [3.05, 3.63) is 114 Å². The molecule has 0 spiro atoms. The molecule has 0 aliphatic rings. The van der Waals surface area contributed by atoms with E-state index in [4.69, 9.17) is 5.73 Å². The molecule has 3 heterocycles. The number of rotatable bonds is 9. The molecule has 0 saturated heterocycles. The van der Waals surface area contributed by atoms with Gasteiger partial charge < -0.3 is 11.1 Å². The monoisotopic (exact) mass is 476 g/mol. The van der Waals surface area contributed by atoms with Crippen molar-refractivity contribution in [2.24, 2.45) is 10.7 Å². The maximum Gasteiger partial charge on any atom is 0.137 e. The minimum absolute atomic E-state index is 0.496. The number of pyridine rings is 1. The van der Waals surface area contributed by atoms with Crippen LogP contribution in [0.25, 0.3) is 17.0 Å². The highest BCUT2D eigenvalue weighted by Crippen LogP contribution is 2.23. The third kappa shape index (κ3) is 4.88. The van der Waals surface area contributed by atoms with Gasteiger partial charge in [-0.2, -0.15) is 10.2 Å². The average molecular weight is 477 g/mol. The molecule has 5 rings (SSSR count). The molecule has 0 aliphatic carbocycles. The fourth-order valence-corrected chi connectivity index (χ4v) is 4.21. The number of benzene rings is 2. The zero-order chi connectivity index (χ0) is 24.9. The Kier molecular flexibility index (Phi) is 6.57. The summed E-state index contributed by atoms with van der Waals surface area (Å²) >= 11 is 0. The fourth-order valence-electron chi connectivity index (χ4n) is 4.21. The summed E-state index contributed by atoms with van der Waals surface area (Å²) in [7, 11) is 1.68. The van der Waals surface area contributed by atoms with Crippen LogP contribution in [0, 0.1) is 0 Å². The summed E-state index contributed by atoms with van der Waals surface area (Å²) in [6.45, 7) is 5.96. The second kappa shape index (κ2) is 10.3. The van der Waals surface area contributed by atoms with Crippen molar-refractivity contribution in [2.75, 3.05) is 12.4 Å². The summed E-state index contributed by atoms with van der Waals surface area (Å²) in [6.07, 6.45) is 9.24. The summed E-state index contributed by atoms with van der Waals surface area (Å²) in [5, 5.41) is 13.3. The summed E-state index contributed by atoms with van der Waals surface area (Å²) in [6, 6.07) is 18.6. The van der Waals surface area contributed by atoms with Crippen LogP contribution in [-0.2, 0) is 19.6 Å². The Labute approximate surface area is 209 Å². The highest BCUT2D eigenvalue weighted by molar-refractivity contribution is 6.00. The largest absolute Gasteiger partial charge is 0.383 e. The van der Waals surface area contributed by atoms with E-state index in [1.807, 2.05) is 52.2 Å². The van der Waals surface area contributed by atoms with Gasteiger partial charge in [0.25, 0.3) is 0 Å². The maximum atomic E-state index is 6.00. The first kappa shape index (κ1) is 23.0. The Hall–Kier alpha value is -4.72. The Balaban J connectivity index is 1.30. The number of anilines is 1. The first-order valence-corrected chi connectivity index (χ1v) is 11.7. The summed E-state index contributed by atoms with van der Waals surface area (Å²) in [5.74, 6) is 1.29. The number of nitrogens with one attached hydrogen (secondary N) is 1. The highest BCUT2D eigenvalue weighted by Gasteiger charge is 2.10. The van der Waals surface area contributed by atoms with Gasteiger partial charge in [0.1, 0.15) is 11.7 Å². The molecule has 0 atom stereocenters. The van der Waals surface area contributed by atoms with Crippen LogP contribution in [0.15, 0.2) is 91.0 Å². The lowest BCUT2D eigenvalue weighted by Crippen LogP contribution is -2.15. The molecule has 36 heavy (non-hydrogen) atoms. The van der Waals surface area contributed by atoms with Crippen LogP contribution in [0.5, 0.6) is 0 Å². The zero-order valence-electron chi connectivity index (χ0n) is 20.2. The van der Waals surface area contributed by atoms with E-state index >= 15 is 0 Å². The first-order valence-electron chi connectivity index (χ1n) is 11.7. The van der Waals surface area contributed by atoms with Crippen LogP contribution >= 0.6 is 0 Å². The SMILES string of the molecule is C=Cc1cc(CNc2nccc3c2cnn3Cc2ccc(Cn3cccn3)cc2)ccc1C(N)=NC. The highest BCUT2D eigenvalue weighted by atomic mass is 15.3. The predicted octanol–water partition coefficient (Wildman–Crippen LogP) is 4.31. The molecule has 0 aliphatic heterocycles. The molecule has 5 aromatic rings. The van der Waals surface area contributed by atoms with Gasteiger partial charge >= 0.3 is 0 Å². The number of nitrogens with two attached hydrogens (primary N) is 1. The molecule has 0 radical (unpaired) electrons. The van der Waals surface area contributed by atoms with Gasteiger partial charge in [0.2, 0.25) is 0 Å². The van der Waals surface area contributed by atoms with Crippen molar-refractivity contribution in [3.8, 4) is 0 Å². The van der Waals surface area contributed by atoms with Crippen LogP contribution in [0.4, 0.5) is 5.82 Å². The minimum atomic E-state index is 0.496. The number of hydrogen-bond acceptors (Lipinski definition) is 5. The Morgan fingerprint density at radius 2 is 1.81 bits per heavy atom. The van der Waals surface area contributed by atoms with Gasteiger partial charge in [-0.05, 0) is 40.5 Å². The topological polar surface area (TPSA) is 98.9 Å². The van der Waals surface area contributed by atoms with Crippen LogP contribution < -0.4 is 11.1 Å². The van der Waals surface area contributed by atoms with Crippen molar-refractivity contribution >= 4 is 28.6 Å². The van der Waals surface area contributed by atoms with E-state index in [1.54, 1.807) is 19.3 Å². The quantitative estimate of drug-likeness (QED) is 0.244. The van der Waals surface area contributed by atoms with Crippen molar-refractivity contribution in [1.29, 1.82) is 0 Å². The Morgan fingerprint density at radius 3 is 2.53 bits per heavy atom. The van der Waals surface area contributed by atoms with E-state index < -0.39 is 0 Å². The van der Waals surface area contributed by atoms with Crippen molar-refractivity contribution in [1.82, 2.24) is 24.5 Å². The van der Waals surface area contributed by atoms with Gasteiger partial charge in [-0.15, -0.1) is 0 Å². The van der Waals surface area contributed by atoms with E-state index in [9.17, 15) is 0 Å². The minimum Gasteiger partial charge on any atom is -0.383 e. The second-order valence-corrected chi connectivity index (χ2v) is 8.50. The van der Waals surface area contributed by atoms with E-state index in [1.165, 1.54) is 11.1 Å². The van der Waals surface area contributed by atoms with Gasteiger partial charge in [-0.25, -0.2) is 4.98 Å². The molecule has 8 nitrogen and oxygen atoms in total. The summed E-state index contributed by atoms with van der Waals surface area (Å²) < 4.78 is 3.92. The van der Waals surface area contributed by atoms with Gasteiger partial charge in [-0.1, -0.05) is 49.1 Å². The van der Waals surface area contributed by atoms with Crippen LogP contribution in [0.3, 0.4) is 0 Å². The summed E-state index contributed by atoms with van der Waals surface area (Å²) in [4.78, 5) is 8.64. The molecule has 3 N–H and O–H groups in total. The lowest BCUT2D eigenvalue weighted by Gasteiger charge is -2.11. The molecule has 180 valence electrons. The first-order chi connectivity index (χ1) is 17.6. The molecule has 0 saturated carbocycles. The third-order valence-electron chi connectivity index (χ3n) is 6.14. The van der Waals surface area contributed by atoms with Crippen molar-refractivity contribution < 1.29 is 0 Å². The maximum absolute atomic E-state index is 6.00. The molecule has 0 unspecified atom stereocenters. The van der Waals surface area contributed by atoms with Crippen molar-refractivity contribution in [3.63, 3.8) is 0 Å². The Morgan fingerprint density at radius 1 is 1.03 bits per heavy atom. The van der Waals surface area contributed by atoms with Gasteiger partial charge in [0.05, 0.1) is 30.2 Å². The zero-order valence-corrected chi connectivity index (χ0v) is 20.2. The van der Waals surface area contributed by atoms with Gasteiger partial charge in [-0.3, -0.25) is 14.4 Å². The molecule has 0 bridgehead atoms. The van der Waals surface area contributed by atoms with E-state index in [-0.39, 0.29) is 0 Å². The standard InChI is InChI=1S/C28H28N8/c1-3-23-15-22(9-10-24(23)27(29)30-2)16-32-28-25-17-34-36(26(25)11-13-31-28)19-21-7-5-20(6-8-21)18-35-14-4-12-33-35/h3-15,17H,1,16,18-19H2,2H3,(H2,29,30)(H,31,32). The second-order valence-electron chi connectivity index (χ2n) is 8.50. The normalized spacial score (nSPS) is 11.6. The smallest absolute Gasteiger partial charge is 0.137 e. The number of hydrogen-bond donors (Lipinski definition) is 2. The number of fused-ring (bicyclic) bond motifs is 1. The molecule has 0 amide bonds. The lowest BCUT2D eigenvalue weighted by atomic mass is 10.0. The van der Waals surface area contributed by atoms with Gasteiger partial charge in [0, 0.05) is 37.7 Å². The molecule has 3 aromatic heterocycles. The number of aromatic nitrogens is 5. The third-order valence-corrected chi connectivity index (χ3v) is 6.14. The van der Waals surface area contributed by atoms with Crippen LogP contribution in [0.1, 0.15) is 27.8 Å². The predicted molar refractivity (Wildman–Crippen MR) is 145 cm³/mol. The van der Waals surface area contributed by atoms with Crippen LogP contribution in [-0.4, -0.2) is 37.4 Å². The van der Waals surface area contributed by atoms with E-state index in [0.29, 0.717) is 18.9 Å². The lowest BCUT2D eigenvalue weighted by molar-refractivity contribution is 0.684. The molecule has 0 fully saturated rings. The average Bonchev–Trinajstić information content (AvgIpc) is 3.58. The molecular formula is C28H28N8. The fraction of sp³-hybridized carbons (Fsp3) is 0.143. The number of nitrogens with zero attached hydrogens (tertiary/aromatic N) is 6. The number of aliphatic imine (C=N–C) groups is 1. The van der Waals surface area contributed by atoms with E-state index in [2.05, 4.69) is 62.4 Å². The van der Waals surface area contributed by atoms with E-state index in [0.717, 1.165) is 40.0 Å². The Bertz CT molecular complexity index is 1510.